The lowest BCUT2D eigenvalue weighted by Crippen LogP contribution is -2.36. The molecule has 0 bridgehead atoms. The molecule has 1 unspecified atom stereocenters. The second-order valence-electron chi connectivity index (χ2n) is 7.21. The van der Waals surface area contributed by atoms with E-state index in [-0.39, 0.29) is 0 Å². The predicted octanol–water partition coefficient (Wildman–Crippen LogP) is 3.34. The van der Waals surface area contributed by atoms with Crippen molar-refractivity contribution in [3.8, 4) is 28.6 Å². The van der Waals surface area contributed by atoms with Gasteiger partial charge in [0.25, 0.3) is 5.89 Å². The number of benzene rings is 1. The molecule has 0 spiro atoms. The van der Waals surface area contributed by atoms with Gasteiger partial charge in [0, 0.05) is 31.4 Å². The van der Waals surface area contributed by atoms with Crippen LogP contribution in [0.3, 0.4) is 0 Å². The average Bonchev–Trinajstić information content (AvgIpc) is 3.38. The van der Waals surface area contributed by atoms with E-state index in [1.165, 1.54) is 19.4 Å². The van der Waals surface area contributed by atoms with Gasteiger partial charge in [-0.3, -0.25) is 0 Å². The number of aromatic nitrogens is 3. The van der Waals surface area contributed by atoms with Gasteiger partial charge >= 0.3 is 0 Å². The Morgan fingerprint density at radius 2 is 1.96 bits per heavy atom. The first kappa shape index (κ1) is 18.4. The molecule has 1 atom stereocenters. The molecule has 0 saturated carbocycles. The van der Waals surface area contributed by atoms with Crippen molar-refractivity contribution in [2.75, 3.05) is 39.2 Å². The number of methoxy groups -OCH3 is 1. The van der Waals surface area contributed by atoms with Crippen molar-refractivity contribution in [1.29, 1.82) is 0 Å². The molecular formula is C21H25N5O2. The first-order valence-electron chi connectivity index (χ1n) is 9.50. The lowest BCUT2D eigenvalue weighted by Gasteiger charge is -2.26. The van der Waals surface area contributed by atoms with E-state index >= 15 is 0 Å². The zero-order valence-electron chi connectivity index (χ0n) is 16.5. The molecule has 4 rings (SSSR count). The molecule has 3 heterocycles. The van der Waals surface area contributed by atoms with Crippen molar-refractivity contribution in [2.45, 2.75) is 18.9 Å². The van der Waals surface area contributed by atoms with Gasteiger partial charge in [0.1, 0.15) is 11.6 Å². The van der Waals surface area contributed by atoms with E-state index in [1.54, 1.807) is 13.3 Å². The summed E-state index contributed by atoms with van der Waals surface area (Å²) in [5, 5.41) is 4.08. The predicted molar refractivity (Wildman–Crippen MR) is 108 cm³/mol. The fraction of sp³-hybridized carbons (Fsp3) is 0.381. The van der Waals surface area contributed by atoms with E-state index in [0.29, 0.717) is 17.8 Å². The Morgan fingerprint density at radius 1 is 1.18 bits per heavy atom. The highest BCUT2D eigenvalue weighted by molar-refractivity contribution is 5.60. The topological polar surface area (TPSA) is 67.5 Å². The molecule has 28 heavy (non-hydrogen) atoms. The first-order chi connectivity index (χ1) is 13.6. The number of hydrogen-bond donors (Lipinski definition) is 0. The van der Waals surface area contributed by atoms with Gasteiger partial charge in [-0.25, -0.2) is 4.98 Å². The fourth-order valence-corrected chi connectivity index (χ4v) is 3.56. The van der Waals surface area contributed by atoms with Crippen molar-refractivity contribution in [1.82, 2.24) is 20.0 Å². The molecule has 1 aromatic carbocycles. The van der Waals surface area contributed by atoms with E-state index in [4.69, 9.17) is 9.26 Å². The summed E-state index contributed by atoms with van der Waals surface area (Å²) in [6, 6.07) is 12.1. The summed E-state index contributed by atoms with van der Waals surface area (Å²) in [6.07, 6.45) is 4.31. The number of rotatable bonds is 6. The minimum atomic E-state index is 0.461. The number of likely N-dealkylation sites (tertiary alicyclic amines) is 1. The van der Waals surface area contributed by atoms with Gasteiger partial charge in [-0.2, -0.15) is 4.98 Å². The molecule has 7 nitrogen and oxygen atoms in total. The number of pyridine rings is 1. The largest absolute Gasteiger partial charge is 0.497 e. The molecule has 3 aromatic rings. The number of ether oxygens (including phenoxy) is 1. The number of likely N-dealkylation sites (N-methyl/N-ethyl adjacent to an activating group) is 2. The van der Waals surface area contributed by atoms with E-state index in [0.717, 1.165) is 29.2 Å². The third-order valence-corrected chi connectivity index (χ3v) is 5.32. The van der Waals surface area contributed by atoms with Gasteiger partial charge in [0.2, 0.25) is 5.82 Å². The van der Waals surface area contributed by atoms with Crippen LogP contribution in [-0.4, -0.2) is 60.4 Å². The highest BCUT2D eigenvalue weighted by Gasteiger charge is 2.22. The quantitative estimate of drug-likeness (QED) is 0.651. The van der Waals surface area contributed by atoms with Crippen LogP contribution in [0.5, 0.6) is 5.75 Å². The van der Waals surface area contributed by atoms with Crippen molar-refractivity contribution in [2.24, 2.45) is 0 Å². The van der Waals surface area contributed by atoms with E-state index in [2.05, 4.69) is 39.0 Å². The van der Waals surface area contributed by atoms with Gasteiger partial charge < -0.3 is 19.1 Å². The molecule has 0 amide bonds. The second kappa shape index (κ2) is 7.98. The maximum atomic E-state index is 5.43. The summed E-state index contributed by atoms with van der Waals surface area (Å²) in [7, 11) is 5.92. The standard InChI is InChI=1S/C21H25N5O2/c1-25-12-4-5-17(25)14-26(2)19-11-8-16(13-22-19)21-23-20(24-28-21)15-6-9-18(27-3)10-7-15/h6-11,13,17H,4-5,12,14H2,1-3H3. The van der Waals surface area contributed by atoms with Crippen molar-refractivity contribution < 1.29 is 9.26 Å². The molecule has 1 aliphatic heterocycles. The van der Waals surface area contributed by atoms with Gasteiger partial charge in [0.05, 0.1) is 12.7 Å². The summed E-state index contributed by atoms with van der Waals surface area (Å²) in [5.41, 5.74) is 1.68. The van der Waals surface area contributed by atoms with Crippen LogP contribution in [-0.2, 0) is 0 Å². The lowest BCUT2D eigenvalue weighted by atomic mass is 10.2. The maximum absolute atomic E-state index is 5.43. The van der Waals surface area contributed by atoms with Crippen LogP contribution in [0.4, 0.5) is 5.82 Å². The van der Waals surface area contributed by atoms with E-state index in [9.17, 15) is 0 Å². The SMILES string of the molecule is COc1ccc(-c2noc(-c3ccc(N(C)CC4CCCN4C)nc3)n2)cc1. The zero-order chi connectivity index (χ0) is 19.5. The summed E-state index contributed by atoms with van der Waals surface area (Å²) in [6.45, 7) is 2.16. The summed E-state index contributed by atoms with van der Waals surface area (Å²) in [5.74, 6) is 2.74. The highest BCUT2D eigenvalue weighted by atomic mass is 16.5. The van der Waals surface area contributed by atoms with Gasteiger partial charge in [-0.1, -0.05) is 5.16 Å². The minimum absolute atomic E-state index is 0.461. The smallest absolute Gasteiger partial charge is 0.259 e. The molecule has 1 aliphatic rings. The van der Waals surface area contributed by atoms with E-state index in [1.807, 2.05) is 36.4 Å². The Bertz CT molecular complexity index is 907. The molecule has 0 aliphatic carbocycles. The Balaban J connectivity index is 1.45. The molecule has 0 radical (unpaired) electrons. The number of nitrogens with zero attached hydrogens (tertiary/aromatic N) is 5. The molecular weight excluding hydrogens is 354 g/mol. The van der Waals surface area contributed by atoms with Crippen molar-refractivity contribution >= 4 is 5.82 Å². The van der Waals surface area contributed by atoms with Crippen LogP contribution >= 0.6 is 0 Å². The van der Waals surface area contributed by atoms with Crippen LogP contribution < -0.4 is 9.64 Å². The zero-order valence-corrected chi connectivity index (χ0v) is 16.5. The van der Waals surface area contributed by atoms with Crippen LogP contribution in [0.1, 0.15) is 12.8 Å². The summed E-state index contributed by atoms with van der Waals surface area (Å²) < 4.78 is 10.6. The van der Waals surface area contributed by atoms with Gasteiger partial charge in [0.15, 0.2) is 0 Å². The van der Waals surface area contributed by atoms with Crippen LogP contribution in [0.15, 0.2) is 47.1 Å². The molecule has 146 valence electrons. The van der Waals surface area contributed by atoms with Gasteiger partial charge in [-0.05, 0) is 62.8 Å². The summed E-state index contributed by atoms with van der Waals surface area (Å²) in [4.78, 5) is 13.7. The van der Waals surface area contributed by atoms with Crippen LogP contribution in [0, 0.1) is 0 Å². The normalized spacial score (nSPS) is 17.0. The molecule has 7 heteroatoms. The lowest BCUT2D eigenvalue weighted by molar-refractivity contribution is 0.314. The van der Waals surface area contributed by atoms with Crippen molar-refractivity contribution in [3.63, 3.8) is 0 Å². The Hall–Kier alpha value is -2.93. The minimum Gasteiger partial charge on any atom is -0.497 e. The second-order valence-corrected chi connectivity index (χ2v) is 7.21. The van der Waals surface area contributed by atoms with Crippen LogP contribution in [0.25, 0.3) is 22.8 Å². The van der Waals surface area contributed by atoms with Crippen molar-refractivity contribution in [3.05, 3.63) is 42.6 Å². The Labute approximate surface area is 164 Å². The number of hydrogen-bond acceptors (Lipinski definition) is 7. The maximum Gasteiger partial charge on any atom is 0.259 e. The molecule has 1 fully saturated rings. The third kappa shape index (κ3) is 3.84. The molecule has 1 saturated heterocycles. The Kier molecular flexibility index (Phi) is 5.25. The Morgan fingerprint density at radius 3 is 2.61 bits per heavy atom. The van der Waals surface area contributed by atoms with Crippen LogP contribution in [0.2, 0.25) is 0 Å². The van der Waals surface area contributed by atoms with E-state index < -0.39 is 0 Å². The molecule has 2 aromatic heterocycles. The van der Waals surface area contributed by atoms with Gasteiger partial charge in [-0.15, -0.1) is 0 Å². The first-order valence-corrected chi connectivity index (χ1v) is 9.50. The average molecular weight is 379 g/mol. The fourth-order valence-electron chi connectivity index (χ4n) is 3.56. The molecule has 0 N–H and O–H groups in total. The third-order valence-electron chi connectivity index (χ3n) is 5.32. The number of anilines is 1. The monoisotopic (exact) mass is 379 g/mol. The highest BCUT2D eigenvalue weighted by Crippen LogP contribution is 2.25. The summed E-state index contributed by atoms with van der Waals surface area (Å²) >= 11 is 0.